The van der Waals surface area contributed by atoms with Crippen LogP contribution in [0.25, 0.3) is 0 Å². The molecular weight excluding hydrogens is 641 g/mol. The summed E-state index contributed by atoms with van der Waals surface area (Å²) in [7, 11) is -4.71. The van der Waals surface area contributed by atoms with Gasteiger partial charge in [0.05, 0.1) is 17.1 Å². The van der Waals surface area contributed by atoms with Crippen LogP contribution in [0.5, 0.6) is 17.2 Å². The largest absolute Gasteiger partial charge is 0.508 e. The van der Waals surface area contributed by atoms with Gasteiger partial charge in [-0.2, -0.15) is 28.8 Å². The third-order valence-electron chi connectivity index (χ3n) is 8.58. The zero-order valence-electron chi connectivity index (χ0n) is 28.5. The van der Waals surface area contributed by atoms with Gasteiger partial charge < -0.3 is 9.84 Å². The molecule has 1 atom stereocenters. The van der Waals surface area contributed by atoms with E-state index in [0.29, 0.717) is 23.6 Å². The summed E-state index contributed by atoms with van der Waals surface area (Å²) in [5.41, 5.74) is 1.14. The fraction of sp³-hybridized carbons (Fsp3) is 0.474. The zero-order chi connectivity index (χ0) is 34.9. The SMILES string of the molecule is CCCCCCCCCCCCCCCCCC1=NN(c2ccc(Oc3ccccc3)c(S(=O)(=O)O)c2)C(=O)C1N=Nc1ccc(O)cc1. The number of anilines is 1. The number of nitrogens with zero attached hydrogens (tertiary/aromatic N) is 4. The maximum absolute atomic E-state index is 13.7. The molecule has 0 aromatic heterocycles. The Kier molecular flexibility index (Phi) is 15.2. The second-order valence-corrected chi connectivity index (χ2v) is 14.0. The molecule has 0 saturated heterocycles. The summed E-state index contributed by atoms with van der Waals surface area (Å²) in [5.74, 6) is -0.103. The molecule has 1 unspecified atom stereocenters. The van der Waals surface area contributed by atoms with Gasteiger partial charge >= 0.3 is 0 Å². The summed E-state index contributed by atoms with van der Waals surface area (Å²) < 4.78 is 40.5. The molecule has 0 fully saturated rings. The van der Waals surface area contributed by atoms with Gasteiger partial charge in [-0.15, -0.1) is 0 Å². The Morgan fingerprint density at radius 3 is 1.92 bits per heavy atom. The monoisotopic (exact) mass is 690 g/mol. The van der Waals surface area contributed by atoms with Crippen LogP contribution in [-0.2, 0) is 14.9 Å². The smallest absolute Gasteiger partial charge is 0.298 e. The molecule has 0 aliphatic carbocycles. The highest BCUT2D eigenvalue weighted by molar-refractivity contribution is 7.86. The van der Waals surface area contributed by atoms with Crippen molar-refractivity contribution in [2.24, 2.45) is 15.3 Å². The van der Waals surface area contributed by atoms with E-state index in [9.17, 15) is 22.9 Å². The molecule has 49 heavy (non-hydrogen) atoms. The first kappa shape index (κ1) is 37.7. The van der Waals surface area contributed by atoms with Crippen LogP contribution in [0.15, 0.2) is 93.0 Å². The van der Waals surface area contributed by atoms with Crippen molar-refractivity contribution < 1.29 is 27.6 Å². The molecule has 1 aliphatic rings. The lowest BCUT2D eigenvalue weighted by atomic mass is 10.0. The number of para-hydroxylation sites is 1. The molecule has 4 rings (SSSR count). The van der Waals surface area contributed by atoms with Crippen molar-refractivity contribution in [3.63, 3.8) is 0 Å². The van der Waals surface area contributed by atoms with Crippen LogP contribution in [-0.4, -0.2) is 35.7 Å². The first-order chi connectivity index (χ1) is 23.8. The summed E-state index contributed by atoms with van der Waals surface area (Å²) in [6.07, 6.45) is 19.2. The standard InChI is InChI=1S/C38H50N4O6S/c1-2-3-4-5-6-7-8-9-10-11-12-13-14-15-19-22-34-37(40-39-30-23-26-32(43)27-24-30)38(44)42(41-34)31-25-28-35(36(29-31)49(45,46)47)48-33-20-17-16-18-21-33/h16-18,20-21,23-29,37,43H,2-15,19,22H2,1H3,(H,45,46,47). The number of phenolic OH excluding ortho intramolecular Hbond substituents is 1. The summed E-state index contributed by atoms with van der Waals surface area (Å²) in [6.45, 7) is 2.25. The lowest BCUT2D eigenvalue weighted by molar-refractivity contribution is -0.117. The van der Waals surface area contributed by atoms with Gasteiger partial charge in [0, 0.05) is 0 Å². The second kappa shape index (κ2) is 19.8. The Labute approximate surface area is 291 Å². The molecule has 1 aliphatic heterocycles. The molecule has 2 N–H and O–H groups in total. The van der Waals surface area contributed by atoms with E-state index in [-0.39, 0.29) is 17.2 Å². The van der Waals surface area contributed by atoms with Crippen LogP contribution in [0.3, 0.4) is 0 Å². The van der Waals surface area contributed by atoms with Crippen LogP contribution in [0.4, 0.5) is 11.4 Å². The van der Waals surface area contributed by atoms with E-state index in [4.69, 9.17) is 4.74 Å². The molecule has 0 spiro atoms. The quantitative estimate of drug-likeness (QED) is 0.0610. The summed E-state index contributed by atoms with van der Waals surface area (Å²) in [4.78, 5) is 13.2. The van der Waals surface area contributed by atoms with Gasteiger partial charge in [-0.05, 0) is 67.4 Å². The Morgan fingerprint density at radius 1 is 0.776 bits per heavy atom. The lowest BCUT2D eigenvalue weighted by Gasteiger charge is -2.15. The van der Waals surface area contributed by atoms with Crippen LogP contribution < -0.4 is 9.75 Å². The minimum absolute atomic E-state index is 0.0883. The number of benzene rings is 3. The molecule has 11 heteroatoms. The molecule has 0 bridgehead atoms. The van der Waals surface area contributed by atoms with Crippen molar-refractivity contribution in [2.45, 2.75) is 121 Å². The number of ether oxygens (including phenoxy) is 1. The fourth-order valence-electron chi connectivity index (χ4n) is 5.83. The molecular formula is C38H50N4O6S. The maximum atomic E-state index is 13.7. The van der Waals surface area contributed by atoms with Crippen molar-refractivity contribution in [3.8, 4) is 17.2 Å². The first-order valence-electron chi connectivity index (χ1n) is 17.7. The highest BCUT2D eigenvalue weighted by Gasteiger charge is 2.37. The molecule has 264 valence electrons. The van der Waals surface area contributed by atoms with Crippen LogP contribution in [0.1, 0.15) is 110 Å². The van der Waals surface area contributed by atoms with E-state index in [1.165, 1.54) is 107 Å². The highest BCUT2D eigenvalue weighted by Crippen LogP contribution is 2.34. The highest BCUT2D eigenvalue weighted by atomic mass is 32.2. The average Bonchev–Trinajstić information content (AvgIpc) is 3.40. The zero-order valence-corrected chi connectivity index (χ0v) is 29.4. The van der Waals surface area contributed by atoms with Crippen molar-refractivity contribution in [2.75, 3.05) is 5.01 Å². The second-order valence-electron chi connectivity index (χ2n) is 12.6. The number of unbranched alkanes of at least 4 members (excludes halogenated alkanes) is 14. The lowest BCUT2D eigenvalue weighted by Crippen LogP contribution is -2.30. The topological polar surface area (TPSA) is 141 Å². The molecule has 0 saturated carbocycles. The summed E-state index contributed by atoms with van der Waals surface area (Å²) in [6, 6.07) is 17.8. The average molecular weight is 691 g/mol. The van der Waals surface area contributed by atoms with E-state index < -0.39 is 27.0 Å². The number of carbonyl (C=O) groups excluding carboxylic acids is 1. The minimum atomic E-state index is -4.71. The van der Waals surface area contributed by atoms with Gasteiger partial charge in [-0.3, -0.25) is 9.35 Å². The third kappa shape index (κ3) is 12.4. The van der Waals surface area contributed by atoms with Crippen molar-refractivity contribution in [1.29, 1.82) is 0 Å². The van der Waals surface area contributed by atoms with E-state index >= 15 is 0 Å². The molecule has 3 aromatic rings. The Morgan fingerprint density at radius 2 is 1.35 bits per heavy atom. The number of hydrogen-bond donors (Lipinski definition) is 2. The van der Waals surface area contributed by atoms with Gasteiger partial charge in [-0.25, -0.2) is 0 Å². The van der Waals surface area contributed by atoms with E-state index in [1.807, 2.05) is 0 Å². The van der Waals surface area contributed by atoms with Crippen molar-refractivity contribution >= 4 is 33.1 Å². The molecule has 10 nitrogen and oxygen atoms in total. The molecule has 1 amide bonds. The number of carbonyl (C=O) groups is 1. The summed E-state index contributed by atoms with van der Waals surface area (Å²) >= 11 is 0. The van der Waals surface area contributed by atoms with Crippen LogP contribution >= 0.6 is 0 Å². The van der Waals surface area contributed by atoms with Gasteiger partial charge in [0.2, 0.25) is 0 Å². The normalized spacial score (nSPS) is 14.9. The Balaban J connectivity index is 1.35. The van der Waals surface area contributed by atoms with Crippen molar-refractivity contribution in [3.05, 3.63) is 72.8 Å². The van der Waals surface area contributed by atoms with E-state index in [1.54, 1.807) is 42.5 Å². The Bertz CT molecular complexity index is 1630. The number of amides is 1. The molecule has 1 heterocycles. The van der Waals surface area contributed by atoms with Crippen molar-refractivity contribution in [1.82, 2.24) is 0 Å². The van der Waals surface area contributed by atoms with Gasteiger partial charge in [0.15, 0.2) is 6.04 Å². The fourth-order valence-corrected chi connectivity index (χ4v) is 6.46. The molecule has 0 radical (unpaired) electrons. The van der Waals surface area contributed by atoms with E-state index in [2.05, 4.69) is 22.3 Å². The Hall–Kier alpha value is -4.09. The first-order valence-corrected chi connectivity index (χ1v) is 19.2. The predicted molar refractivity (Wildman–Crippen MR) is 194 cm³/mol. The van der Waals surface area contributed by atoms with Gasteiger partial charge in [0.1, 0.15) is 22.1 Å². The third-order valence-corrected chi connectivity index (χ3v) is 9.46. The van der Waals surface area contributed by atoms with Gasteiger partial charge in [0.25, 0.3) is 16.0 Å². The summed E-state index contributed by atoms with van der Waals surface area (Å²) in [5, 5.41) is 23.8. The minimum Gasteiger partial charge on any atom is -0.508 e. The maximum Gasteiger partial charge on any atom is 0.298 e. The molecule has 3 aromatic carbocycles. The van der Waals surface area contributed by atoms with Gasteiger partial charge in [-0.1, -0.05) is 115 Å². The predicted octanol–water partition coefficient (Wildman–Crippen LogP) is 10.5. The number of hydrogen-bond acceptors (Lipinski definition) is 8. The van der Waals surface area contributed by atoms with E-state index in [0.717, 1.165) is 24.3 Å². The number of azo groups is 1. The number of aromatic hydroxyl groups is 1. The number of rotatable bonds is 22. The van der Waals surface area contributed by atoms with Crippen LogP contribution in [0, 0.1) is 0 Å². The number of phenols is 1. The number of hydrazone groups is 1. The van der Waals surface area contributed by atoms with Crippen LogP contribution in [0.2, 0.25) is 0 Å².